The van der Waals surface area contributed by atoms with Crippen LogP contribution < -0.4 is 10.6 Å². The minimum atomic E-state index is -0.915. The second-order valence-electron chi connectivity index (χ2n) is 5.19. The van der Waals surface area contributed by atoms with Crippen molar-refractivity contribution >= 4 is 29.2 Å². The van der Waals surface area contributed by atoms with Gasteiger partial charge >= 0.3 is 5.97 Å². The summed E-state index contributed by atoms with van der Waals surface area (Å²) in [7, 11) is 0. The maximum atomic E-state index is 12.0. The zero-order chi connectivity index (χ0) is 17.4. The number of carbonyl (C=O) groups excluding carboxylic acids is 2. The Labute approximate surface area is 139 Å². The molecule has 124 valence electrons. The number of rotatable bonds is 7. The molecule has 0 aliphatic rings. The predicted octanol–water partition coefficient (Wildman–Crippen LogP) is 3.13. The third-order valence-electron chi connectivity index (χ3n) is 3.26. The van der Waals surface area contributed by atoms with Crippen molar-refractivity contribution in [1.29, 1.82) is 0 Å². The van der Waals surface area contributed by atoms with Gasteiger partial charge in [-0.3, -0.25) is 14.4 Å². The standard InChI is InChI=1S/C18H18N2O4/c21-16(7-4-8-17(22)23)19-14-9-11-15(12-10-14)20-18(24)13-5-2-1-3-6-13/h1-3,5-6,9-12H,4,7-8H2,(H,19,21)(H,20,24)(H,22,23). The summed E-state index contributed by atoms with van der Waals surface area (Å²) >= 11 is 0. The zero-order valence-corrected chi connectivity index (χ0v) is 13.0. The van der Waals surface area contributed by atoms with Crippen molar-refractivity contribution in [3.8, 4) is 0 Å². The van der Waals surface area contributed by atoms with Crippen molar-refractivity contribution in [3.05, 3.63) is 60.2 Å². The van der Waals surface area contributed by atoms with Gasteiger partial charge < -0.3 is 15.7 Å². The summed E-state index contributed by atoms with van der Waals surface area (Å²) in [6.07, 6.45) is 0.420. The number of carbonyl (C=O) groups is 3. The van der Waals surface area contributed by atoms with E-state index in [1.165, 1.54) is 0 Å². The van der Waals surface area contributed by atoms with Gasteiger partial charge in [-0.2, -0.15) is 0 Å². The zero-order valence-electron chi connectivity index (χ0n) is 13.0. The molecular formula is C18H18N2O4. The van der Waals surface area contributed by atoms with Gasteiger partial charge in [-0.05, 0) is 42.8 Å². The van der Waals surface area contributed by atoms with Crippen molar-refractivity contribution in [2.24, 2.45) is 0 Å². The van der Waals surface area contributed by atoms with E-state index in [-0.39, 0.29) is 24.7 Å². The quantitative estimate of drug-likeness (QED) is 0.728. The number of nitrogens with one attached hydrogen (secondary N) is 2. The summed E-state index contributed by atoms with van der Waals surface area (Å²) in [6, 6.07) is 15.6. The maximum absolute atomic E-state index is 12.0. The Morgan fingerprint density at radius 1 is 0.792 bits per heavy atom. The van der Waals surface area contributed by atoms with E-state index < -0.39 is 5.97 Å². The van der Waals surface area contributed by atoms with Crippen LogP contribution in [0.1, 0.15) is 29.6 Å². The highest BCUT2D eigenvalue weighted by atomic mass is 16.4. The third kappa shape index (κ3) is 5.57. The van der Waals surface area contributed by atoms with Crippen molar-refractivity contribution in [2.45, 2.75) is 19.3 Å². The number of carboxylic acids is 1. The average molecular weight is 326 g/mol. The van der Waals surface area contributed by atoms with Crippen LogP contribution in [-0.4, -0.2) is 22.9 Å². The maximum Gasteiger partial charge on any atom is 0.303 e. The van der Waals surface area contributed by atoms with E-state index in [2.05, 4.69) is 10.6 Å². The molecule has 24 heavy (non-hydrogen) atoms. The smallest absolute Gasteiger partial charge is 0.303 e. The summed E-state index contributed by atoms with van der Waals surface area (Å²) in [5.74, 6) is -1.36. The van der Waals surface area contributed by atoms with E-state index >= 15 is 0 Å². The molecule has 2 rings (SSSR count). The molecule has 0 fully saturated rings. The number of aliphatic carboxylic acids is 1. The lowest BCUT2D eigenvalue weighted by Crippen LogP contribution is -2.13. The van der Waals surface area contributed by atoms with E-state index in [0.29, 0.717) is 23.4 Å². The first kappa shape index (κ1) is 17.2. The number of hydrogen-bond acceptors (Lipinski definition) is 3. The molecule has 0 radical (unpaired) electrons. The van der Waals surface area contributed by atoms with Crippen LogP contribution in [-0.2, 0) is 9.59 Å². The number of amides is 2. The van der Waals surface area contributed by atoms with Gasteiger partial charge in [0.2, 0.25) is 5.91 Å². The fraction of sp³-hybridized carbons (Fsp3) is 0.167. The molecule has 0 aliphatic carbocycles. The van der Waals surface area contributed by atoms with E-state index in [1.54, 1.807) is 48.5 Å². The number of anilines is 2. The molecule has 0 heterocycles. The summed E-state index contributed by atoms with van der Waals surface area (Å²) in [6.45, 7) is 0. The van der Waals surface area contributed by atoms with Crippen molar-refractivity contribution in [2.75, 3.05) is 10.6 Å². The molecule has 0 saturated carbocycles. The van der Waals surface area contributed by atoms with Crippen LogP contribution in [0.25, 0.3) is 0 Å². The fourth-order valence-corrected chi connectivity index (χ4v) is 2.05. The van der Waals surface area contributed by atoms with Gasteiger partial charge in [0.15, 0.2) is 0 Å². The molecule has 0 bridgehead atoms. The lowest BCUT2D eigenvalue weighted by molar-refractivity contribution is -0.137. The lowest BCUT2D eigenvalue weighted by Gasteiger charge is -2.08. The lowest BCUT2D eigenvalue weighted by atomic mass is 10.2. The second-order valence-corrected chi connectivity index (χ2v) is 5.19. The van der Waals surface area contributed by atoms with Crippen molar-refractivity contribution < 1.29 is 19.5 Å². The molecule has 0 aromatic heterocycles. The van der Waals surface area contributed by atoms with Crippen LogP contribution in [0.2, 0.25) is 0 Å². The van der Waals surface area contributed by atoms with E-state index in [1.807, 2.05) is 6.07 Å². The molecule has 3 N–H and O–H groups in total. The Bertz CT molecular complexity index is 712. The molecule has 6 heteroatoms. The van der Waals surface area contributed by atoms with Crippen LogP contribution in [0.3, 0.4) is 0 Å². The highest BCUT2D eigenvalue weighted by Gasteiger charge is 2.07. The minimum Gasteiger partial charge on any atom is -0.481 e. The number of hydrogen-bond donors (Lipinski definition) is 3. The van der Waals surface area contributed by atoms with E-state index in [0.717, 1.165) is 0 Å². The molecule has 2 aromatic rings. The first-order valence-electron chi connectivity index (χ1n) is 7.53. The first-order valence-corrected chi connectivity index (χ1v) is 7.53. The monoisotopic (exact) mass is 326 g/mol. The van der Waals surface area contributed by atoms with Gasteiger partial charge in [0.1, 0.15) is 0 Å². The molecule has 2 amide bonds. The summed E-state index contributed by atoms with van der Waals surface area (Å²) in [5.41, 5.74) is 1.77. The Balaban J connectivity index is 1.85. The molecular weight excluding hydrogens is 308 g/mol. The van der Waals surface area contributed by atoms with Crippen LogP contribution in [0, 0.1) is 0 Å². The van der Waals surface area contributed by atoms with Crippen LogP contribution in [0.15, 0.2) is 54.6 Å². The van der Waals surface area contributed by atoms with Crippen LogP contribution in [0.5, 0.6) is 0 Å². The fourth-order valence-electron chi connectivity index (χ4n) is 2.05. The molecule has 2 aromatic carbocycles. The Kier molecular flexibility index (Phi) is 6.08. The summed E-state index contributed by atoms with van der Waals surface area (Å²) in [5, 5.41) is 14.0. The number of carboxylic acid groups (broad SMARTS) is 1. The van der Waals surface area contributed by atoms with Gasteiger partial charge in [0, 0.05) is 29.8 Å². The van der Waals surface area contributed by atoms with Crippen molar-refractivity contribution in [1.82, 2.24) is 0 Å². The molecule has 0 spiro atoms. The van der Waals surface area contributed by atoms with Crippen LogP contribution in [0.4, 0.5) is 11.4 Å². The van der Waals surface area contributed by atoms with Gasteiger partial charge in [0.25, 0.3) is 5.91 Å². The largest absolute Gasteiger partial charge is 0.481 e. The topological polar surface area (TPSA) is 95.5 Å². The molecule has 0 aliphatic heterocycles. The van der Waals surface area contributed by atoms with Gasteiger partial charge in [-0.25, -0.2) is 0 Å². The SMILES string of the molecule is O=C(O)CCCC(=O)Nc1ccc(NC(=O)c2ccccc2)cc1. The highest BCUT2D eigenvalue weighted by Crippen LogP contribution is 2.15. The average Bonchev–Trinajstić information content (AvgIpc) is 2.57. The number of benzene rings is 2. The van der Waals surface area contributed by atoms with Gasteiger partial charge in [-0.1, -0.05) is 18.2 Å². The molecule has 6 nitrogen and oxygen atoms in total. The van der Waals surface area contributed by atoms with Crippen molar-refractivity contribution in [3.63, 3.8) is 0 Å². The third-order valence-corrected chi connectivity index (χ3v) is 3.26. The Hall–Kier alpha value is -3.15. The van der Waals surface area contributed by atoms with Crippen LogP contribution >= 0.6 is 0 Å². The van der Waals surface area contributed by atoms with E-state index in [9.17, 15) is 14.4 Å². The van der Waals surface area contributed by atoms with Gasteiger partial charge in [-0.15, -0.1) is 0 Å². The summed E-state index contributed by atoms with van der Waals surface area (Å²) < 4.78 is 0. The van der Waals surface area contributed by atoms with Gasteiger partial charge in [0.05, 0.1) is 0 Å². The normalized spacial score (nSPS) is 10.0. The summed E-state index contributed by atoms with van der Waals surface area (Å²) in [4.78, 5) is 34.1. The second kappa shape index (κ2) is 8.47. The van der Waals surface area contributed by atoms with E-state index in [4.69, 9.17) is 5.11 Å². The Morgan fingerprint density at radius 3 is 1.96 bits per heavy atom. The minimum absolute atomic E-state index is 0.0299. The predicted molar refractivity (Wildman–Crippen MR) is 91.0 cm³/mol. The highest BCUT2D eigenvalue weighted by molar-refractivity contribution is 6.04. The Morgan fingerprint density at radius 2 is 1.38 bits per heavy atom. The molecule has 0 atom stereocenters. The first-order chi connectivity index (χ1) is 11.5. The molecule has 0 saturated heterocycles. The molecule has 0 unspecified atom stereocenters.